The monoisotopic (exact) mass is 273 g/mol. The summed E-state index contributed by atoms with van der Waals surface area (Å²) in [6.45, 7) is 4.23. The van der Waals surface area contributed by atoms with Crippen molar-refractivity contribution in [1.29, 1.82) is 0 Å². The van der Waals surface area contributed by atoms with E-state index in [1.54, 1.807) is 11.0 Å². The van der Waals surface area contributed by atoms with Crippen LogP contribution in [0.4, 0.5) is 5.69 Å². The Morgan fingerprint density at radius 2 is 2.00 bits per heavy atom. The molecule has 0 aliphatic carbocycles. The second-order valence-electron chi connectivity index (χ2n) is 5.06. The van der Waals surface area contributed by atoms with E-state index in [0.29, 0.717) is 6.54 Å². The van der Waals surface area contributed by atoms with E-state index < -0.39 is 0 Å². The van der Waals surface area contributed by atoms with Crippen molar-refractivity contribution in [2.24, 2.45) is 5.92 Å². The SMILES string of the molecule is CC(C)C(=O)COC1=CCCN(c2ccccc2)C1=O. The average Bonchev–Trinajstić information content (AvgIpc) is 2.46. The van der Waals surface area contributed by atoms with Crippen molar-refractivity contribution < 1.29 is 14.3 Å². The number of ether oxygens (including phenoxy) is 1. The average molecular weight is 273 g/mol. The van der Waals surface area contributed by atoms with Crippen molar-refractivity contribution in [2.45, 2.75) is 20.3 Å². The van der Waals surface area contributed by atoms with Crippen molar-refractivity contribution in [3.63, 3.8) is 0 Å². The smallest absolute Gasteiger partial charge is 0.293 e. The van der Waals surface area contributed by atoms with Gasteiger partial charge in [0, 0.05) is 18.2 Å². The van der Waals surface area contributed by atoms with E-state index in [0.717, 1.165) is 12.1 Å². The van der Waals surface area contributed by atoms with E-state index in [-0.39, 0.29) is 30.0 Å². The van der Waals surface area contributed by atoms with Gasteiger partial charge in [-0.05, 0) is 24.6 Å². The Bertz CT molecular complexity index is 520. The summed E-state index contributed by atoms with van der Waals surface area (Å²) < 4.78 is 5.39. The topological polar surface area (TPSA) is 46.6 Å². The fraction of sp³-hybridized carbons (Fsp3) is 0.375. The number of carbonyl (C=O) groups is 2. The zero-order valence-corrected chi connectivity index (χ0v) is 11.8. The number of ketones is 1. The fourth-order valence-corrected chi connectivity index (χ4v) is 1.94. The van der Waals surface area contributed by atoms with Crippen molar-refractivity contribution in [2.75, 3.05) is 18.1 Å². The Morgan fingerprint density at radius 3 is 2.65 bits per heavy atom. The predicted molar refractivity (Wildman–Crippen MR) is 77.3 cm³/mol. The van der Waals surface area contributed by atoms with E-state index in [4.69, 9.17) is 4.74 Å². The van der Waals surface area contributed by atoms with Crippen LogP contribution >= 0.6 is 0 Å². The number of anilines is 1. The van der Waals surface area contributed by atoms with E-state index in [1.807, 2.05) is 44.2 Å². The van der Waals surface area contributed by atoms with Gasteiger partial charge in [-0.1, -0.05) is 32.0 Å². The lowest BCUT2D eigenvalue weighted by Gasteiger charge is -2.27. The highest BCUT2D eigenvalue weighted by Gasteiger charge is 2.25. The summed E-state index contributed by atoms with van der Waals surface area (Å²) >= 11 is 0. The van der Waals surface area contributed by atoms with Gasteiger partial charge in [-0.2, -0.15) is 0 Å². The highest BCUT2D eigenvalue weighted by Crippen LogP contribution is 2.21. The highest BCUT2D eigenvalue weighted by atomic mass is 16.5. The third-order valence-electron chi connectivity index (χ3n) is 3.22. The fourth-order valence-electron chi connectivity index (χ4n) is 1.94. The van der Waals surface area contributed by atoms with Gasteiger partial charge < -0.3 is 9.64 Å². The Balaban J connectivity index is 2.04. The summed E-state index contributed by atoms with van der Waals surface area (Å²) in [5, 5.41) is 0. The van der Waals surface area contributed by atoms with Gasteiger partial charge in [0.1, 0.15) is 6.61 Å². The van der Waals surface area contributed by atoms with Crippen molar-refractivity contribution >= 4 is 17.4 Å². The lowest BCUT2D eigenvalue weighted by Crippen LogP contribution is -2.37. The summed E-state index contributed by atoms with van der Waals surface area (Å²) in [4.78, 5) is 25.6. The normalized spacial score (nSPS) is 15.2. The molecule has 1 amide bonds. The van der Waals surface area contributed by atoms with Gasteiger partial charge in [0.05, 0.1) is 0 Å². The predicted octanol–water partition coefficient (Wildman–Crippen LogP) is 2.55. The number of hydrogen-bond acceptors (Lipinski definition) is 3. The second-order valence-corrected chi connectivity index (χ2v) is 5.06. The Kier molecular flexibility index (Phi) is 4.56. The summed E-state index contributed by atoms with van der Waals surface area (Å²) in [6.07, 6.45) is 2.49. The number of carbonyl (C=O) groups excluding carboxylic acids is 2. The Morgan fingerprint density at radius 1 is 1.30 bits per heavy atom. The van der Waals surface area contributed by atoms with Crippen LogP contribution in [-0.2, 0) is 14.3 Å². The molecule has 0 fully saturated rings. The molecule has 0 unspecified atom stereocenters. The zero-order valence-electron chi connectivity index (χ0n) is 11.8. The quantitative estimate of drug-likeness (QED) is 0.828. The van der Waals surface area contributed by atoms with E-state index in [9.17, 15) is 9.59 Å². The van der Waals surface area contributed by atoms with Gasteiger partial charge in [-0.3, -0.25) is 9.59 Å². The first-order valence-corrected chi connectivity index (χ1v) is 6.82. The van der Waals surface area contributed by atoms with Crippen molar-refractivity contribution in [1.82, 2.24) is 0 Å². The molecule has 0 N–H and O–H groups in total. The number of hydrogen-bond donors (Lipinski definition) is 0. The minimum absolute atomic E-state index is 0.00413. The van der Waals surface area contributed by atoms with Crippen LogP contribution in [0.3, 0.4) is 0 Å². The van der Waals surface area contributed by atoms with Crippen LogP contribution in [0.25, 0.3) is 0 Å². The Labute approximate surface area is 119 Å². The molecule has 0 spiro atoms. The van der Waals surface area contributed by atoms with E-state index in [2.05, 4.69) is 0 Å². The second kappa shape index (κ2) is 6.37. The maximum absolute atomic E-state index is 12.3. The van der Waals surface area contributed by atoms with Crippen LogP contribution < -0.4 is 4.90 Å². The number of rotatable bonds is 5. The molecule has 0 saturated carbocycles. The summed E-state index contributed by atoms with van der Waals surface area (Å²) in [6, 6.07) is 9.47. The van der Waals surface area contributed by atoms with E-state index >= 15 is 0 Å². The van der Waals surface area contributed by atoms with Crippen LogP contribution in [-0.4, -0.2) is 24.8 Å². The number of amides is 1. The van der Waals surface area contributed by atoms with Gasteiger partial charge in [0.2, 0.25) is 0 Å². The molecule has 0 radical (unpaired) electrons. The zero-order chi connectivity index (χ0) is 14.5. The molecule has 4 heteroatoms. The molecule has 1 aliphatic rings. The molecule has 1 aromatic rings. The molecule has 1 heterocycles. The Hall–Kier alpha value is -2.10. The van der Waals surface area contributed by atoms with E-state index in [1.165, 1.54) is 0 Å². The molecule has 0 saturated heterocycles. The minimum Gasteiger partial charge on any atom is -0.480 e. The molecule has 4 nitrogen and oxygen atoms in total. The van der Waals surface area contributed by atoms with Gasteiger partial charge in [0.15, 0.2) is 11.5 Å². The number of nitrogens with zero attached hydrogens (tertiary/aromatic N) is 1. The molecular weight excluding hydrogens is 254 g/mol. The molecule has 1 aliphatic heterocycles. The van der Waals surface area contributed by atoms with Crippen LogP contribution in [0.2, 0.25) is 0 Å². The molecule has 0 atom stereocenters. The maximum Gasteiger partial charge on any atom is 0.293 e. The third kappa shape index (κ3) is 3.26. The van der Waals surface area contributed by atoms with Gasteiger partial charge >= 0.3 is 0 Å². The standard InChI is InChI=1S/C16H19NO3/c1-12(2)14(18)11-20-15-9-6-10-17(16(15)19)13-7-4-3-5-8-13/h3-5,7-9,12H,6,10-11H2,1-2H3. The molecule has 1 aromatic carbocycles. The van der Waals surface area contributed by atoms with Crippen molar-refractivity contribution in [3.05, 3.63) is 42.2 Å². The van der Waals surface area contributed by atoms with Crippen molar-refractivity contribution in [3.8, 4) is 0 Å². The first kappa shape index (κ1) is 14.3. The van der Waals surface area contributed by atoms with Crippen LogP contribution in [0.1, 0.15) is 20.3 Å². The van der Waals surface area contributed by atoms with Crippen LogP contribution in [0, 0.1) is 5.92 Å². The van der Waals surface area contributed by atoms with Crippen LogP contribution in [0.15, 0.2) is 42.2 Å². The van der Waals surface area contributed by atoms with Gasteiger partial charge in [0.25, 0.3) is 5.91 Å². The number of benzene rings is 1. The van der Waals surface area contributed by atoms with Crippen LogP contribution in [0.5, 0.6) is 0 Å². The number of Topliss-reactive ketones (excluding diaryl/α,β-unsaturated/α-hetero) is 1. The molecule has 106 valence electrons. The lowest BCUT2D eigenvalue weighted by molar-refractivity contribution is -0.127. The minimum atomic E-state index is -0.181. The third-order valence-corrected chi connectivity index (χ3v) is 3.22. The summed E-state index contributed by atoms with van der Waals surface area (Å²) in [7, 11) is 0. The molecule has 0 aromatic heterocycles. The lowest BCUT2D eigenvalue weighted by atomic mass is 10.1. The summed E-state index contributed by atoms with van der Waals surface area (Å²) in [5.74, 6) is 0.00293. The highest BCUT2D eigenvalue weighted by molar-refractivity contribution is 6.05. The number of para-hydroxylation sites is 1. The first-order valence-electron chi connectivity index (χ1n) is 6.82. The molecule has 0 bridgehead atoms. The first-order chi connectivity index (χ1) is 9.59. The summed E-state index contributed by atoms with van der Waals surface area (Å²) in [5.41, 5.74) is 0.849. The molecule has 2 rings (SSSR count). The molecular formula is C16H19NO3. The maximum atomic E-state index is 12.3. The molecule has 20 heavy (non-hydrogen) atoms. The van der Waals surface area contributed by atoms with Gasteiger partial charge in [-0.25, -0.2) is 0 Å². The largest absolute Gasteiger partial charge is 0.480 e. The van der Waals surface area contributed by atoms with Gasteiger partial charge in [-0.15, -0.1) is 0 Å².